The molecule has 0 atom stereocenters. The Morgan fingerprint density at radius 1 is 1.00 bits per heavy atom. The van der Waals surface area contributed by atoms with Gasteiger partial charge in [-0.2, -0.15) is 5.10 Å². The van der Waals surface area contributed by atoms with Gasteiger partial charge in [-0.15, -0.1) is 24.8 Å². The quantitative estimate of drug-likeness (QED) is 0.501. The van der Waals surface area contributed by atoms with Gasteiger partial charge in [-0.3, -0.25) is 4.90 Å². The molecule has 180 valence electrons. The predicted octanol–water partition coefficient (Wildman–Crippen LogP) is 3.35. The maximum atomic E-state index is 12.5. The fraction of sp³-hybridized carbons (Fsp3) is 0.391. The van der Waals surface area contributed by atoms with E-state index in [1.165, 1.54) is 16.2 Å². The number of benzene rings is 2. The molecule has 8 nitrogen and oxygen atoms in total. The zero-order chi connectivity index (χ0) is 22.1. The summed E-state index contributed by atoms with van der Waals surface area (Å²) < 4.78 is 1.44. The van der Waals surface area contributed by atoms with Crippen molar-refractivity contribution in [3.05, 3.63) is 58.0 Å². The highest BCUT2D eigenvalue weighted by Gasteiger charge is 2.20. The number of hydrogen-bond acceptors (Lipinski definition) is 6. The summed E-state index contributed by atoms with van der Waals surface area (Å²) in [5.41, 5.74) is 2.52. The Hall–Kier alpha value is -2.52. The number of H-pyrrole nitrogens is 1. The van der Waals surface area contributed by atoms with Gasteiger partial charge < -0.3 is 15.1 Å². The molecule has 2 aromatic carbocycles. The van der Waals surface area contributed by atoms with Crippen LogP contribution in [0.1, 0.15) is 30.9 Å². The van der Waals surface area contributed by atoms with Crippen LogP contribution in [0.15, 0.2) is 41.2 Å². The first kappa shape index (κ1) is 26.7. The van der Waals surface area contributed by atoms with Gasteiger partial charge in [0.15, 0.2) is 5.82 Å². The second kappa shape index (κ2) is 11.1. The van der Waals surface area contributed by atoms with Crippen LogP contribution in [0, 0.1) is 0 Å². The first-order valence-electron chi connectivity index (χ1n) is 10.6. The third-order valence-corrected chi connectivity index (χ3v) is 5.88. The van der Waals surface area contributed by atoms with Crippen molar-refractivity contribution in [1.82, 2.24) is 24.6 Å². The maximum Gasteiger partial charge on any atom is 0.348 e. The van der Waals surface area contributed by atoms with Crippen LogP contribution in [0.3, 0.4) is 0 Å². The van der Waals surface area contributed by atoms with Gasteiger partial charge in [0.05, 0.1) is 11.3 Å². The Labute approximate surface area is 205 Å². The van der Waals surface area contributed by atoms with E-state index in [9.17, 15) is 15.0 Å². The Morgan fingerprint density at radius 3 is 2.24 bits per heavy atom. The minimum Gasteiger partial charge on any atom is -0.508 e. The predicted molar refractivity (Wildman–Crippen MR) is 134 cm³/mol. The molecule has 33 heavy (non-hydrogen) atoms. The Morgan fingerprint density at radius 2 is 1.64 bits per heavy atom. The third kappa shape index (κ3) is 5.70. The number of nitrogens with zero attached hydrogens (tertiary/aromatic N) is 4. The Kier molecular flexibility index (Phi) is 8.97. The van der Waals surface area contributed by atoms with Crippen LogP contribution in [0.4, 0.5) is 0 Å². The standard InChI is InChI=1S/C23H29N5O3.2ClH/c1-15(2)18-12-19(21(30)13-20(18)29)22-24-25-23(31)28(22)17-6-4-16(5-7-17)14-27-10-8-26(3)9-11-27;;/h4-7,12-13,15,29-30H,8-11,14H2,1-3H3,(H,25,31);2*1H. The lowest BCUT2D eigenvalue weighted by Gasteiger charge is -2.32. The second-order valence-electron chi connectivity index (χ2n) is 8.52. The van der Waals surface area contributed by atoms with Crippen LogP contribution < -0.4 is 5.69 Å². The molecule has 0 radical (unpaired) electrons. The molecule has 1 aliphatic heterocycles. The van der Waals surface area contributed by atoms with E-state index >= 15 is 0 Å². The smallest absolute Gasteiger partial charge is 0.348 e. The van der Waals surface area contributed by atoms with Gasteiger partial charge in [0.2, 0.25) is 0 Å². The van der Waals surface area contributed by atoms with Crippen molar-refractivity contribution in [3.63, 3.8) is 0 Å². The molecule has 1 aliphatic rings. The van der Waals surface area contributed by atoms with E-state index in [-0.39, 0.29) is 47.9 Å². The average molecular weight is 496 g/mol. The van der Waals surface area contributed by atoms with E-state index < -0.39 is 0 Å². The molecule has 0 saturated carbocycles. The summed E-state index contributed by atoms with van der Waals surface area (Å²) >= 11 is 0. The van der Waals surface area contributed by atoms with Gasteiger partial charge in [-0.1, -0.05) is 26.0 Å². The van der Waals surface area contributed by atoms with Crippen molar-refractivity contribution in [2.75, 3.05) is 33.2 Å². The summed E-state index contributed by atoms with van der Waals surface area (Å²) in [4.78, 5) is 17.3. The second-order valence-corrected chi connectivity index (χ2v) is 8.52. The zero-order valence-corrected chi connectivity index (χ0v) is 20.6. The van der Waals surface area contributed by atoms with Gasteiger partial charge in [0.1, 0.15) is 11.5 Å². The number of phenolic OH excluding ortho intramolecular Hbond substituents is 2. The maximum absolute atomic E-state index is 12.5. The molecule has 0 aliphatic carbocycles. The highest BCUT2D eigenvalue weighted by molar-refractivity contribution is 5.85. The first-order chi connectivity index (χ1) is 14.8. The SMILES string of the molecule is CC(C)c1cc(-c2n[nH]c(=O)n2-c2ccc(CN3CCN(C)CC3)cc2)c(O)cc1O.Cl.Cl. The average Bonchev–Trinajstić information content (AvgIpc) is 3.11. The lowest BCUT2D eigenvalue weighted by atomic mass is 9.98. The molecule has 1 saturated heterocycles. The summed E-state index contributed by atoms with van der Waals surface area (Å²) in [7, 11) is 2.14. The number of hydrogen-bond donors (Lipinski definition) is 3. The third-order valence-electron chi connectivity index (χ3n) is 5.88. The molecule has 0 bridgehead atoms. The van der Waals surface area contributed by atoms with Gasteiger partial charge in [0, 0.05) is 38.8 Å². The Balaban J connectivity index is 0.00000193. The van der Waals surface area contributed by atoms with E-state index in [0.717, 1.165) is 32.7 Å². The van der Waals surface area contributed by atoms with Crippen LogP contribution in [-0.2, 0) is 6.54 Å². The summed E-state index contributed by atoms with van der Waals surface area (Å²) in [6, 6.07) is 10.8. The van der Waals surface area contributed by atoms with Crippen molar-refractivity contribution in [2.24, 2.45) is 0 Å². The lowest BCUT2D eigenvalue weighted by Crippen LogP contribution is -2.43. The van der Waals surface area contributed by atoms with Gasteiger partial charge in [-0.05, 0) is 42.3 Å². The molecule has 0 unspecified atom stereocenters. The number of piperazine rings is 1. The normalized spacial score (nSPS) is 14.7. The van der Waals surface area contributed by atoms with E-state index in [2.05, 4.69) is 27.0 Å². The highest BCUT2D eigenvalue weighted by Crippen LogP contribution is 2.37. The largest absolute Gasteiger partial charge is 0.508 e. The number of rotatable bonds is 5. The lowest BCUT2D eigenvalue weighted by molar-refractivity contribution is 0.148. The van der Waals surface area contributed by atoms with Crippen LogP contribution in [-0.4, -0.2) is 68.0 Å². The minimum atomic E-state index is -0.389. The van der Waals surface area contributed by atoms with Crippen LogP contribution in [0.25, 0.3) is 17.1 Å². The number of aromatic amines is 1. The molecule has 2 heterocycles. The molecule has 3 aromatic rings. The number of nitrogens with one attached hydrogen (secondary N) is 1. The van der Waals surface area contributed by atoms with Crippen molar-refractivity contribution >= 4 is 24.8 Å². The molecule has 0 spiro atoms. The van der Waals surface area contributed by atoms with Crippen LogP contribution >= 0.6 is 24.8 Å². The topological polar surface area (TPSA) is 97.6 Å². The summed E-state index contributed by atoms with van der Waals surface area (Å²) in [5, 5.41) is 27.2. The zero-order valence-electron chi connectivity index (χ0n) is 19.0. The highest BCUT2D eigenvalue weighted by atomic mass is 35.5. The van der Waals surface area contributed by atoms with Gasteiger partial charge >= 0.3 is 5.69 Å². The molecule has 1 aromatic heterocycles. The first-order valence-corrected chi connectivity index (χ1v) is 10.6. The van der Waals surface area contributed by atoms with Crippen LogP contribution in [0.2, 0.25) is 0 Å². The molecule has 0 amide bonds. The summed E-state index contributed by atoms with van der Waals surface area (Å²) in [6.07, 6.45) is 0. The molecule has 3 N–H and O–H groups in total. The van der Waals surface area contributed by atoms with E-state index in [1.807, 2.05) is 38.1 Å². The van der Waals surface area contributed by atoms with Crippen molar-refractivity contribution in [1.29, 1.82) is 0 Å². The van der Waals surface area contributed by atoms with Crippen molar-refractivity contribution < 1.29 is 10.2 Å². The van der Waals surface area contributed by atoms with Gasteiger partial charge in [-0.25, -0.2) is 14.5 Å². The fourth-order valence-corrected chi connectivity index (χ4v) is 3.97. The number of halogens is 2. The van der Waals surface area contributed by atoms with Gasteiger partial charge in [0.25, 0.3) is 0 Å². The number of phenols is 2. The summed E-state index contributed by atoms with van der Waals surface area (Å²) in [6.45, 7) is 9.00. The van der Waals surface area contributed by atoms with E-state index in [4.69, 9.17) is 0 Å². The number of likely N-dealkylation sites (N-methyl/N-ethyl adjacent to an activating group) is 1. The molecular formula is C23H31Cl2N5O3. The summed E-state index contributed by atoms with van der Waals surface area (Å²) in [5.74, 6) is 0.242. The minimum absolute atomic E-state index is 0. The van der Waals surface area contributed by atoms with E-state index in [1.54, 1.807) is 6.07 Å². The molecular weight excluding hydrogens is 465 g/mol. The number of aromatic nitrogens is 3. The molecule has 10 heteroatoms. The van der Waals surface area contributed by atoms with E-state index in [0.29, 0.717) is 22.6 Å². The Bertz CT molecular complexity index is 1120. The monoisotopic (exact) mass is 495 g/mol. The van der Waals surface area contributed by atoms with Crippen molar-refractivity contribution in [3.8, 4) is 28.6 Å². The number of aromatic hydroxyl groups is 2. The molecule has 1 fully saturated rings. The van der Waals surface area contributed by atoms with Crippen LogP contribution in [0.5, 0.6) is 11.5 Å². The van der Waals surface area contributed by atoms with Crippen molar-refractivity contribution in [2.45, 2.75) is 26.3 Å². The fourth-order valence-electron chi connectivity index (χ4n) is 3.97. The molecule has 4 rings (SSSR count).